The van der Waals surface area contributed by atoms with Crippen LogP contribution in [-0.2, 0) is 0 Å². The maximum Gasteiger partial charge on any atom is 0.138 e. The number of aliphatic hydroxyl groups excluding tert-OH is 1. The topological polar surface area (TPSA) is 38.7 Å². The van der Waals surface area contributed by atoms with Crippen molar-refractivity contribution in [3.63, 3.8) is 0 Å². The second-order valence-corrected chi connectivity index (χ2v) is 6.91. The number of hydrogen-bond acceptors (Lipinski definition) is 5. The monoisotopic (exact) mass is 310 g/mol. The van der Waals surface area contributed by atoms with Gasteiger partial charge in [-0.05, 0) is 29.6 Å². The van der Waals surface area contributed by atoms with Gasteiger partial charge in [0.15, 0.2) is 0 Å². The van der Waals surface area contributed by atoms with Crippen molar-refractivity contribution in [1.29, 1.82) is 0 Å². The van der Waals surface area contributed by atoms with Gasteiger partial charge in [0.2, 0.25) is 0 Å². The Hall–Kier alpha value is -0.960. The Morgan fingerprint density at radius 2 is 2.00 bits per heavy atom. The lowest BCUT2D eigenvalue weighted by atomic mass is 10.1. The number of methoxy groups -OCH3 is 2. The summed E-state index contributed by atoms with van der Waals surface area (Å²) in [5, 5.41) is 8.94. The van der Waals surface area contributed by atoms with Crippen molar-refractivity contribution in [2.24, 2.45) is 0 Å². The second kappa shape index (κ2) is 7.72. The van der Waals surface area contributed by atoms with Gasteiger partial charge in [-0.25, -0.2) is 0 Å². The summed E-state index contributed by atoms with van der Waals surface area (Å²) in [5.41, 5.74) is 1.98. The molecule has 20 heavy (non-hydrogen) atoms. The van der Waals surface area contributed by atoms with Gasteiger partial charge in [-0.2, -0.15) is 0 Å². The van der Waals surface area contributed by atoms with Crippen LogP contribution in [0.2, 0.25) is 0 Å². The molecule has 108 valence electrons. The van der Waals surface area contributed by atoms with E-state index in [-0.39, 0.29) is 6.61 Å². The normalized spacial score (nSPS) is 15.3. The molecule has 0 bridgehead atoms. The lowest BCUT2D eigenvalue weighted by Crippen LogP contribution is -2.04. The fourth-order valence-electron chi connectivity index (χ4n) is 2.00. The predicted molar refractivity (Wildman–Crippen MR) is 85.8 cm³/mol. The minimum absolute atomic E-state index is 0.153. The van der Waals surface area contributed by atoms with E-state index in [2.05, 4.69) is 11.8 Å². The van der Waals surface area contributed by atoms with Gasteiger partial charge in [-0.15, -0.1) is 23.5 Å². The summed E-state index contributed by atoms with van der Waals surface area (Å²) in [6.45, 7) is -0.153. The van der Waals surface area contributed by atoms with Crippen molar-refractivity contribution in [3.05, 3.63) is 23.3 Å². The highest BCUT2D eigenvalue weighted by molar-refractivity contribution is 8.16. The fourth-order valence-corrected chi connectivity index (χ4v) is 4.93. The first kappa shape index (κ1) is 15.4. The molecule has 0 spiro atoms. The molecule has 1 fully saturated rings. The molecule has 0 unspecified atom stereocenters. The molecule has 1 aliphatic heterocycles. The molecular formula is C15H18O3S2. The number of thioether (sulfide) groups is 2. The first-order valence-electron chi connectivity index (χ1n) is 6.39. The molecule has 5 heteroatoms. The van der Waals surface area contributed by atoms with Crippen molar-refractivity contribution in [2.75, 3.05) is 32.3 Å². The van der Waals surface area contributed by atoms with Crippen LogP contribution in [0, 0.1) is 11.8 Å². The molecular weight excluding hydrogens is 292 g/mol. The molecule has 0 aliphatic carbocycles. The first-order chi connectivity index (χ1) is 9.80. The average Bonchev–Trinajstić information content (AvgIpc) is 2.52. The quantitative estimate of drug-likeness (QED) is 0.869. The number of hydrogen-bond donors (Lipinski definition) is 1. The Morgan fingerprint density at radius 1 is 1.25 bits per heavy atom. The molecule has 0 atom stereocenters. The van der Waals surface area contributed by atoms with E-state index >= 15 is 0 Å². The Balaban J connectivity index is 2.48. The summed E-state index contributed by atoms with van der Waals surface area (Å²) < 4.78 is 11.1. The second-order valence-electron chi connectivity index (χ2n) is 4.18. The average molecular weight is 310 g/mol. The minimum Gasteiger partial charge on any atom is -0.497 e. The van der Waals surface area contributed by atoms with Crippen LogP contribution in [0.25, 0.3) is 0 Å². The van der Waals surface area contributed by atoms with Crippen molar-refractivity contribution in [2.45, 2.75) is 11.0 Å². The summed E-state index contributed by atoms with van der Waals surface area (Å²) in [7, 11) is 3.28. The lowest BCUT2D eigenvalue weighted by molar-refractivity contribution is 0.350. The van der Waals surface area contributed by atoms with Crippen LogP contribution in [0.5, 0.6) is 11.5 Å². The molecule has 0 amide bonds. The van der Waals surface area contributed by atoms with Gasteiger partial charge in [-0.3, -0.25) is 0 Å². The van der Waals surface area contributed by atoms with Crippen molar-refractivity contribution < 1.29 is 14.6 Å². The van der Waals surface area contributed by atoms with Gasteiger partial charge < -0.3 is 14.6 Å². The lowest BCUT2D eigenvalue weighted by Gasteiger charge is -2.23. The van der Waals surface area contributed by atoms with Gasteiger partial charge in [0.1, 0.15) is 18.1 Å². The zero-order valence-corrected chi connectivity index (χ0v) is 13.3. The summed E-state index contributed by atoms with van der Waals surface area (Å²) in [4.78, 5) is 0. The summed E-state index contributed by atoms with van der Waals surface area (Å²) in [6.07, 6.45) is 1.24. The van der Waals surface area contributed by atoms with Gasteiger partial charge in [0.25, 0.3) is 0 Å². The smallest absolute Gasteiger partial charge is 0.138 e. The Bertz CT molecular complexity index is 514. The van der Waals surface area contributed by atoms with Crippen LogP contribution < -0.4 is 9.47 Å². The highest BCUT2D eigenvalue weighted by Gasteiger charge is 2.22. The summed E-state index contributed by atoms with van der Waals surface area (Å²) >= 11 is 3.85. The zero-order chi connectivity index (χ0) is 14.4. The van der Waals surface area contributed by atoms with E-state index in [0.717, 1.165) is 28.4 Å². The van der Waals surface area contributed by atoms with E-state index in [9.17, 15) is 0 Å². The number of ether oxygens (including phenoxy) is 2. The third kappa shape index (κ3) is 3.57. The fraction of sp³-hybridized carbons (Fsp3) is 0.467. The van der Waals surface area contributed by atoms with Gasteiger partial charge >= 0.3 is 0 Å². The zero-order valence-electron chi connectivity index (χ0n) is 11.6. The van der Waals surface area contributed by atoms with E-state index in [1.165, 1.54) is 6.42 Å². The van der Waals surface area contributed by atoms with Crippen LogP contribution in [-0.4, -0.2) is 37.4 Å². The van der Waals surface area contributed by atoms with Crippen molar-refractivity contribution in [1.82, 2.24) is 0 Å². The number of aliphatic hydroxyl groups is 1. The molecule has 0 saturated carbocycles. The molecule has 1 aromatic carbocycles. The Morgan fingerprint density at radius 3 is 2.60 bits per heavy atom. The standard InChI is InChI=1S/C15H18O3S2/c1-17-11-9-13(15-19-7-4-8-20-15)12(5-3-6-16)14(10-11)18-2/h9-10,15-16H,4,6-8H2,1-2H3. The Kier molecular flexibility index (Phi) is 5.96. The van der Waals surface area contributed by atoms with E-state index in [1.807, 2.05) is 35.7 Å². The molecule has 1 aromatic rings. The van der Waals surface area contributed by atoms with Gasteiger partial charge in [-0.1, -0.05) is 11.8 Å². The molecule has 3 nitrogen and oxygen atoms in total. The number of benzene rings is 1. The van der Waals surface area contributed by atoms with E-state index in [0.29, 0.717) is 10.3 Å². The molecule has 0 aromatic heterocycles. The van der Waals surface area contributed by atoms with Crippen LogP contribution in [0.3, 0.4) is 0 Å². The minimum atomic E-state index is -0.153. The summed E-state index contributed by atoms with van der Waals surface area (Å²) in [6, 6.07) is 3.86. The highest BCUT2D eigenvalue weighted by Crippen LogP contribution is 2.47. The SMILES string of the molecule is COc1cc(OC)c(C#CCO)c(C2SCCCS2)c1. The van der Waals surface area contributed by atoms with Crippen LogP contribution in [0.15, 0.2) is 12.1 Å². The molecule has 0 radical (unpaired) electrons. The Labute approximate surface area is 128 Å². The van der Waals surface area contributed by atoms with E-state index in [4.69, 9.17) is 14.6 Å². The van der Waals surface area contributed by atoms with Crippen LogP contribution in [0.4, 0.5) is 0 Å². The third-order valence-corrected chi connectivity index (χ3v) is 5.91. The first-order valence-corrected chi connectivity index (χ1v) is 8.48. The van der Waals surface area contributed by atoms with Crippen molar-refractivity contribution >= 4 is 23.5 Å². The van der Waals surface area contributed by atoms with Gasteiger partial charge in [0, 0.05) is 6.07 Å². The van der Waals surface area contributed by atoms with E-state index < -0.39 is 0 Å². The predicted octanol–water partition coefficient (Wildman–Crippen LogP) is 2.92. The number of rotatable bonds is 3. The molecule has 1 saturated heterocycles. The molecule has 1 heterocycles. The molecule has 1 N–H and O–H groups in total. The summed E-state index contributed by atoms with van der Waals surface area (Å²) in [5.74, 6) is 9.54. The third-order valence-electron chi connectivity index (χ3n) is 2.94. The molecule has 2 rings (SSSR count). The maximum absolute atomic E-state index is 8.94. The van der Waals surface area contributed by atoms with Gasteiger partial charge in [0.05, 0.1) is 24.4 Å². The van der Waals surface area contributed by atoms with E-state index in [1.54, 1.807) is 14.2 Å². The van der Waals surface area contributed by atoms with Crippen LogP contribution >= 0.6 is 23.5 Å². The highest BCUT2D eigenvalue weighted by atomic mass is 32.2. The maximum atomic E-state index is 8.94. The largest absolute Gasteiger partial charge is 0.497 e. The van der Waals surface area contributed by atoms with Crippen molar-refractivity contribution in [3.8, 4) is 23.3 Å². The molecule has 1 aliphatic rings. The van der Waals surface area contributed by atoms with Crippen LogP contribution in [0.1, 0.15) is 22.1 Å².